The molecule has 0 spiro atoms. The molecule has 0 amide bonds. The van der Waals surface area contributed by atoms with Crippen molar-refractivity contribution in [2.45, 2.75) is 37.3 Å². The van der Waals surface area contributed by atoms with E-state index in [1.165, 1.54) is 0 Å². The number of piperidine rings is 1. The molecule has 1 aliphatic heterocycles. The maximum absolute atomic E-state index is 9.29. The molecule has 0 unspecified atom stereocenters. The average Bonchev–Trinajstić information content (AvgIpc) is 2.08. The van der Waals surface area contributed by atoms with Crippen LogP contribution in [0.2, 0.25) is 0 Å². The largest absolute Gasteiger partial charge is 0.395 e. The maximum atomic E-state index is 9.29. The third kappa shape index (κ3) is 1.60. The van der Waals surface area contributed by atoms with Crippen LogP contribution in [0.1, 0.15) is 6.92 Å². The number of aliphatic hydroxyl groups is 4. The minimum absolute atomic E-state index is 0.255. The van der Waals surface area contributed by atoms with Gasteiger partial charge in [0.25, 0.3) is 0 Å². The van der Waals surface area contributed by atoms with Crippen LogP contribution in [0.15, 0.2) is 0 Å². The molecular formula is C7H15NO4. The molecule has 5 N–H and O–H groups in total. The fourth-order valence-electron chi connectivity index (χ4n) is 1.43. The predicted octanol–water partition coefficient (Wildman–Crippen LogP) is -2.58. The molecule has 5 nitrogen and oxygen atoms in total. The quantitative estimate of drug-likeness (QED) is 0.303. The molecule has 0 aliphatic carbocycles. The lowest BCUT2D eigenvalue weighted by atomic mass is 9.91. The summed E-state index contributed by atoms with van der Waals surface area (Å²) in [4.78, 5) is 0. The standard InChI is InChI=1S/C7H15NO4/c1-3-5(10)7(12)6(11)4(2-9)8-3/h3-12H,2H2,1H3/t3-,4+,5-,6-,7+/m0/s1. The Morgan fingerprint density at radius 2 is 1.67 bits per heavy atom. The van der Waals surface area contributed by atoms with Crippen LogP contribution in [0.5, 0.6) is 0 Å². The van der Waals surface area contributed by atoms with Gasteiger partial charge in [0.15, 0.2) is 0 Å². The van der Waals surface area contributed by atoms with Crippen LogP contribution in [-0.4, -0.2) is 57.4 Å². The van der Waals surface area contributed by atoms with Gasteiger partial charge in [-0.2, -0.15) is 0 Å². The maximum Gasteiger partial charge on any atom is 0.109 e. The third-order valence-corrected chi connectivity index (χ3v) is 2.30. The highest BCUT2D eigenvalue weighted by Crippen LogP contribution is 2.14. The zero-order valence-corrected chi connectivity index (χ0v) is 6.88. The Morgan fingerprint density at radius 3 is 2.17 bits per heavy atom. The zero-order chi connectivity index (χ0) is 9.30. The molecular weight excluding hydrogens is 162 g/mol. The lowest BCUT2D eigenvalue weighted by Gasteiger charge is -2.39. The third-order valence-electron chi connectivity index (χ3n) is 2.30. The predicted molar refractivity (Wildman–Crippen MR) is 41.5 cm³/mol. The molecule has 0 saturated carbocycles. The molecule has 0 aromatic heterocycles. The van der Waals surface area contributed by atoms with Crippen LogP contribution < -0.4 is 5.32 Å². The molecule has 0 aromatic carbocycles. The first-order valence-corrected chi connectivity index (χ1v) is 3.99. The summed E-state index contributed by atoms with van der Waals surface area (Å²) >= 11 is 0. The Morgan fingerprint density at radius 1 is 1.08 bits per heavy atom. The van der Waals surface area contributed by atoms with Crippen LogP contribution in [0, 0.1) is 0 Å². The molecule has 1 rings (SSSR count). The monoisotopic (exact) mass is 177 g/mol. The van der Waals surface area contributed by atoms with Crippen LogP contribution in [0.4, 0.5) is 0 Å². The summed E-state index contributed by atoms with van der Waals surface area (Å²) in [5, 5.41) is 39.4. The van der Waals surface area contributed by atoms with Gasteiger partial charge in [-0.05, 0) is 6.92 Å². The van der Waals surface area contributed by atoms with E-state index in [1.807, 2.05) is 0 Å². The summed E-state index contributed by atoms with van der Waals surface area (Å²) in [5.74, 6) is 0. The Balaban J connectivity index is 2.63. The fourth-order valence-corrected chi connectivity index (χ4v) is 1.43. The van der Waals surface area contributed by atoms with Crippen molar-refractivity contribution in [3.05, 3.63) is 0 Å². The van der Waals surface area contributed by atoms with Gasteiger partial charge < -0.3 is 25.7 Å². The van der Waals surface area contributed by atoms with Gasteiger partial charge >= 0.3 is 0 Å². The van der Waals surface area contributed by atoms with E-state index in [9.17, 15) is 15.3 Å². The van der Waals surface area contributed by atoms with Gasteiger partial charge in [-0.15, -0.1) is 0 Å². The SMILES string of the molecule is C[C@@H]1N[C@H](CO)[C@H](O)[C@H](O)[C@H]1O. The van der Waals surface area contributed by atoms with E-state index in [-0.39, 0.29) is 12.6 Å². The number of rotatable bonds is 1. The van der Waals surface area contributed by atoms with E-state index in [0.717, 1.165) is 0 Å². The van der Waals surface area contributed by atoms with Crippen molar-refractivity contribution in [3.8, 4) is 0 Å². The first-order chi connectivity index (χ1) is 5.57. The van der Waals surface area contributed by atoms with Gasteiger partial charge in [-0.3, -0.25) is 0 Å². The van der Waals surface area contributed by atoms with Crippen molar-refractivity contribution in [2.24, 2.45) is 0 Å². The molecule has 12 heavy (non-hydrogen) atoms. The van der Waals surface area contributed by atoms with E-state index in [0.29, 0.717) is 0 Å². The van der Waals surface area contributed by atoms with E-state index in [1.54, 1.807) is 6.92 Å². The summed E-state index contributed by atoms with van der Waals surface area (Å²) in [6, 6.07) is -0.876. The lowest BCUT2D eigenvalue weighted by Crippen LogP contribution is -2.64. The van der Waals surface area contributed by atoms with Crippen LogP contribution >= 0.6 is 0 Å². The van der Waals surface area contributed by atoms with Crippen LogP contribution in [0.25, 0.3) is 0 Å². The van der Waals surface area contributed by atoms with Crippen LogP contribution in [-0.2, 0) is 0 Å². The van der Waals surface area contributed by atoms with Gasteiger partial charge in [0.1, 0.15) is 6.10 Å². The summed E-state index contributed by atoms with van der Waals surface area (Å²) in [7, 11) is 0. The normalized spacial score (nSPS) is 49.2. The second-order valence-electron chi connectivity index (χ2n) is 3.22. The van der Waals surface area contributed by atoms with E-state index in [2.05, 4.69) is 5.32 Å². The molecule has 5 heteroatoms. The molecule has 72 valence electrons. The minimum atomic E-state index is -1.18. The smallest absolute Gasteiger partial charge is 0.109 e. The lowest BCUT2D eigenvalue weighted by molar-refractivity contribution is -0.116. The Bertz CT molecular complexity index is 150. The molecule has 1 aliphatic rings. The minimum Gasteiger partial charge on any atom is -0.395 e. The highest BCUT2D eigenvalue weighted by molar-refractivity contribution is 4.96. The fraction of sp³-hybridized carbons (Fsp3) is 1.00. The van der Waals surface area contributed by atoms with Gasteiger partial charge in [-0.1, -0.05) is 0 Å². The molecule has 1 saturated heterocycles. The topological polar surface area (TPSA) is 93.0 Å². The second-order valence-corrected chi connectivity index (χ2v) is 3.22. The first kappa shape index (κ1) is 9.88. The van der Waals surface area contributed by atoms with E-state index in [4.69, 9.17) is 5.11 Å². The molecule has 0 aromatic rings. The van der Waals surface area contributed by atoms with Crippen molar-refractivity contribution in [3.63, 3.8) is 0 Å². The van der Waals surface area contributed by atoms with Gasteiger partial charge in [0.2, 0.25) is 0 Å². The van der Waals surface area contributed by atoms with E-state index < -0.39 is 24.4 Å². The average molecular weight is 177 g/mol. The number of nitrogens with one attached hydrogen (secondary N) is 1. The van der Waals surface area contributed by atoms with Crippen molar-refractivity contribution < 1.29 is 20.4 Å². The van der Waals surface area contributed by atoms with Crippen molar-refractivity contribution >= 4 is 0 Å². The van der Waals surface area contributed by atoms with Crippen molar-refractivity contribution in [2.75, 3.05) is 6.61 Å². The molecule has 0 radical (unpaired) electrons. The Labute approximate surface area is 70.6 Å². The molecule has 5 atom stereocenters. The summed E-state index contributed by atoms with van der Waals surface area (Å²) in [5.41, 5.74) is 0. The highest BCUT2D eigenvalue weighted by atomic mass is 16.4. The molecule has 0 bridgehead atoms. The Kier molecular flexibility index (Phi) is 3.03. The summed E-state index contributed by atoms with van der Waals surface area (Å²) < 4.78 is 0. The number of aliphatic hydroxyl groups excluding tert-OH is 4. The van der Waals surface area contributed by atoms with Crippen LogP contribution in [0.3, 0.4) is 0 Å². The van der Waals surface area contributed by atoms with Crippen molar-refractivity contribution in [1.29, 1.82) is 0 Å². The zero-order valence-electron chi connectivity index (χ0n) is 6.88. The second kappa shape index (κ2) is 3.68. The van der Waals surface area contributed by atoms with Crippen molar-refractivity contribution in [1.82, 2.24) is 5.32 Å². The number of hydrogen-bond donors (Lipinski definition) is 5. The highest BCUT2D eigenvalue weighted by Gasteiger charge is 2.39. The first-order valence-electron chi connectivity index (χ1n) is 3.99. The van der Waals surface area contributed by atoms with Gasteiger partial charge in [0, 0.05) is 6.04 Å². The summed E-state index contributed by atoms with van der Waals surface area (Å²) in [6.45, 7) is 1.43. The molecule has 1 fully saturated rings. The Hall–Kier alpha value is -0.200. The van der Waals surface area contributed by atoms with E-state index >= 15 is 0 Å². The number of hydrogen-bond acceptors (Lipinski definition) is 5. The molecule has 1 heterocycles. The summed E-state index contributed by atoms with van der Waals surface area (Å²) in [6.07, 6.45) is -3.28. The van der Waals surface area contributed by atoms with Gasteiger partial charge in [0.05, 0.1) is 24.9 Å². The van der Waals surface area contributed by atoms with Gasteiger partial charge in [-0.25, -0.2) is 0 Å².